The summed E-state index contributed by atoms with van der Waals surface area (Å²) in [5, 5.41) is 24.6. The molecule has 8 heteroatoms. The van der Waals surface area contributed by atoms with Crippen molar-refractivity contribution in [3.05, 3.63) is 74.9 Å². The predicted molar refractivity (Wildman–Crippen MR) is 97.9 cm³/mol. The molecule has 0 radical (unpaired) electrons. The topological polar surface area (TPSA) is 120 Å². The van der Waals surface area contributed by atoms with Crippen LogP contribution in [-0.2, 0) is 11.3 Å². The molecule has 2 N–H and O–H groups in total. The number of Topliss-reactive ketones (excluding diaryl/α,β-unsaturated/α-hetero) is 1. The van der Waals surface area contributed by atoms with E-state index in [9.17, 15) is 24.7 Å². The Morgan fingerprint density at radius 1 is 1.14 bits per heavy atom. The number of fused-ring (bicyclic) bond motifs is 1. The van der Waals surface area contributed by atoms with E-state index in [4.69, 9.17) is 4.74 Å². The highest BCUT2D eigenvalue weighted by Gasteiger charge is 2.38. The number of aromatic hydroxyl groups is 1. The SMILES string of the molecule is COC(=O)c1c2c(c(C)[n+]([O-])c1C)C(=O)C(NCc1ccc(O)cc1)=CC2=O. The first-order valence-corrected chi connectivity index (χ1v) is 8.43. The maximum Gasteiger partial charge on any atom is 0.345 e. The molecular weight excluding hydrogens is 364 g/mol. The Morgan fingerprint density at radius 3 is 2.39 bits per heavy atom. The molecule has 1 aromatic carbocycles. The number of allylic oxidation sites excluding steroid dienone is 2. The first-order valence-electron chi connectivity index (χ1n) is 8.43. The highest BCUT2D eigenvalue weighted by Crippen LogP contribution is 2.27. The minimum atomic E-state index is -0.853. The van der Waals surface area contributed by atoms with Gasteiger partial charge in [-0.1, -0.05) is 12.1 Å². The lowest BCUT2D eigenvalue weighted by Gasteiger charge is -2.21. The lowest BCUT2D eigenvalue weighted by atomic mass is 9.87. The van der Waals surface area contributed by atoms with Gasteiger partial charge >= 0.3 is 5.97 Å². The van der Waals surface area contributed by atoms with Crippen molar-refractivity contribution in [3.8, 4) is 5.75 Å². The molecule has 28 heavy (non-hydrogen) atoms. The van der Waals surface area contributed by atoms with Gasteiger partial charge in [0.25, 0.3) is 0 Å². The summed E-state index contributed by atoms with van der Waals surface area (Å²) >= 11 is 0. The number of hydrogen-bond donors (Lipinski definition) is 2. The average Bonchev–Trinajstić information content (AvgIpc) is 2.68. The molecule has 1 aromatic heterocycles. The molecule has 0 unspecified atom stereocenters. The fourth-order valence-corrected chi connectivity index (χ4v) is 3.16. The van der Waals surface area contributed by atoms with Gasteiger partial charge in [0, 0.05) is 26.5 Å². The summed E-state index contributed by atoms with van der Waals surface area (Å²) in [6.45, 7) is 3.05. The van der Waals surface area contributed by atoms with Crippen LogP contribution in [0.25, 0.3) is 0 Å². The number of carbonyl (C=O) groups is 3. The Morgan fingerprint density at radius 2 is 1.79 bits per heavy atom. The number of nitrogens with zero attached hydrogens (tertiary/aromatic N) is 1. The zero-order valence-corrected chi connectivity index (χ0v) is 15.5. The van der Waals surface area contributed by atoms with Crippen LogP contribution in [0.1, 0.15) is 48.0 Å². The molecular formula is C20H18N2O6. The van der Waals surface area contributed by atoms with E-state index in [0.29, 0.717) is 4.73 Å². The number of benzene rings is 1. The van der Waals surface area contributed by atoms with E-state index in [-0.39, 0.29) is 46.1 Å². The maximum absolute atomic E-state index is 13.0. The summed E-state index contributed by atoms with van der Waals surface area (Å²) in [6.07, 6.45) is 1.12. The van der Waals surface area contributed by atoms with Crippen LogP contribution in [0.2, 0.25) is 0 Å². The number of methoxy groups -OCH3 is 1. The van der Waals surface area contributed by atoms with Crippen molar-refractivity contribution < 1.29 is 29.0 Å². The van der Waals surface area contributed by atoms with Gasteiger partial charge < -0.3 is 20.4 Å². The molecule has 0 saturated heterocycles. The van der Waals surface area contributed by atoms with E-state index in [2.05, 4.69) is 5.32 Å². The molecule has 0 amide bonds. The van der Waals surface area contributed by atoms with Crippen LogP contribution in [0.4, 0.5) is 0 Å². The van der Waals surface area contributed by atoms with Crippen LogP contribution in [0, 0.1) is 19.1 Å². The molecule has 2 aromatic rings. The van der Waals surface area contributed by atoms with Crippen LogP contribution in [0.3, 0.4) is 0 Å². The number of rotatable bonds is 4. The summed E-state index contributed by atoms with van der Waals surface area (Å²) in [4.78, 5) is 37.8. The van der Waals surface area contributed by atoms with E-state index in [0.717, 1.165) is 18.7 Å². The Bertz CT molecular complexity index is 1040. The molecule has 0 aliphatic heterocycles. The van der Waals surface area contributed by atoms with Gasteiger partial charge in [-0.3, -0.25) is 9.59 Å². The third-order valence-electron chi connectivity index (χ3n) is 4.64. The number of carbonyl (C=O) groups excluding carboxylic acids is 3. The van der Waals surface area contributed by atoms with Gasteiger partial charge in [-0.05, 0) is 17.7 Å². The van der Waals surface area contributed by atoms with Crippen LogP contribution in [-0.4, -0.2) is 29.8 Å². The summed E-state index contributed by atoms with van der Waals surface area (Å²) in [6, 6.07) is 6.35. The van der Waals surface area contributed by atoms with Crippen molar-refractivity contribution in [1.82, 2.24) is 5.32 Å². The van der Waals surface area contributed by atoms with Crippen molar-refractivity contribution in [2.45, 2.75) is 20.4 Å². The Kier molecular flexibility index (Phi) is 4.87. The number of ether oxygens (including phenoxy) is 1. The Labute approximate surface area is 160 Å². The monoisotopic (exact) mass is 382 g/mol. The molecule has 144 valence electrons. The number of phenolic OH excluding ortho intramolecular Hbond substituents is 1. The van der Waals surface area contributed by atoms with E-state index in [1.54, 1.807) is 12.1 Å². The average molecular weight is 382 g/mol. The predicted octanol–water partition coefficient (Wildman–Crippen LogP) is 1.48. The quantitative estimate of drug-likeness (QED) is 0.467. The minimum Gasteiger partial charge on any atom is -0.618 e. The fraction of sp³-hybridized carbons (Fsp3) is 0.200. The van der Waals surface area contributed by atoms with E-state index >= 15 is 0 Å². The molecule has 8 nitrogen and oxygen atoms in total. The third-order valence-corrected chi connectivity index (χ3v) is 4.64. The number of phenols is 1. The smallest absolute Gasteiger partial charge is 0.345 e. The lowest BCUT2D eigenvalue weighted by molar-refractivity contribution is -0.619. The van der Waals surface area contributed by atoms with Gasteiger partial charge in [-0.25, -0.2) is 4.79 Å². The van der Waals surface area contributed by atoms with Gasteiger partial charge in [0.2, 0.25) is 17.2 Å². The number of nitrogens with one attached hydrogen (secondary N) is 1. The van der Waals surface area contributed by atoms with Gasteiger partial charge in [-0.15, -0.1) is 0 Å². The largest absolute Gasteiger partial charge is 0.618 e. The molecule has 0 atom stereocenters. The van der Waals surface area contributed by atoms with Crippen LogP contribution >= 0.6 is 0 Å². The van der Waals surface area contributed by atoms with Gasteiger partial charge in [0.05, 0.1) is 18.4 Å². The number of esters is 1. The van der Waals surface area contributed by atoms with Crippen molar-refractivity contribution in [1.29, 1.82) is 0 Å². The highest BCUT2D eigenvalue weighted by atomic mass is 16.5. The second-order valence-electron chi connectivity index (χ2n) is 6.35. The zero-order valence-electron chi connectivity index (χ0n) is 15.5. The van der Waals surface area contributed by atoms with Crippen LogP contribution in [0.15, 0.2) is 36.0 Å². The zero-order chi connectivity index (χ0) is 20.6. The van der Waals surface area contributed by atoms with Crippen molar-refractivity contribution >= 4 is 17.5 Å². The molecule has 0 bridgehead atoms. The van der Waals surface area contributed by atoms with Crippen LogP contribution in [0.5, 0.6) is 5.75 Å². The van der Waals surface area contributed by atoms with E-state index in [1.165, 1.54) is 26.0 Å². The van der Waals surface area contributed by atoms with E-state index < -0.39 is 17.5 Å². The van der Waals surface area contributed by atoms with E-state index in [1.807, 2.05) is 0 Å². The molecule has 1 aliphatic rings. The molecule has 0 spiro atoms. The Hall–Kier alpha value is -3.68. The lowest BCUT2D eigenvalue weighted by Crippen LogP contribution is -2.42. The standard InChI is InChI=1S/C20H18N2O6/c1-10-16-18(17(20(26)28-3)11(2)22(10)27)15(24)8-14(19(16)25)21-9-12-4-6-13(23)7-5-12/h4-8,21,23H,9H2,1-3H3. The maximum atomic E-state index is 13.0. The highest BCUT2D eigenvalue weighted by molar-refractivity contribution is 6.27. The molecule has 1 aliphatic carbocycles. The molecule has 1 heterocycles. The molecule has 0 saturated carbocycles. The second-order valence-corrected chi connectivity index (χ2v) is 6.35. The number of hydrogen-bond acceptors (Lipinski definition) is 7. The number of aromatic nitrogens is 1. The summed E-state index contributed by atoms with van der Waals surface area (Å²) in [7, 11) is 1.14. The first kappa shape index (κ1) is 19.1. The minimum absolute atomic E-state index is 0.00171. The fourth-order valence-electron chi connectivity index (χ4n) is 3.16. The summed E-state index contributed by atoms with van der Waals surface area (Å²) in [5.41, 5.74) is 0.405. The van der Waals surface area contributed by atoms with Crippen molar-refractivity contribution in [2.75, 3.05) is 7.11 Å². The Balaban J connectivity index is 2.03. The summed E-state index contributed by atoms with van der Waals surface area (Å²) in [5.74, 6) is -1.86. The third kappa shape index (κ3) is 3.09. The van der Waals surface area contributed by atoms with Crippen molar-refractivity contribution in [3.63, 3.8) is 0 Å². The van der Waals surface area contributed by atoms with Gasteiger partial charge in [-0.2, -0.15) is 4.73 Å². The molecule has 0 fully saturated rings. The summed E-state index contributed by atoms with van der Waals surface area (Å²) < 4.78 is 5.15. The molecule has 3 rings (SSSR count). The number of ketones is 2. The van der Waals surface area contributed by atoms with Gasteiger partial charge in [0.15, 0.2) is 5.78 Å². The second kappa shape index (κ2) is 7.15. The number of pyridine rings is 1. The van der Waals surface area contributed by atoms with Crippen LogP contribution < -0.4 is 10.0 Å². The van der Waals surface area contributed by atoms with Gasteiger partial charge in [0.1, 0.15) is 16.9 Å². The van der Waals surface area contributed by atoms with Crippen molar-refractivity contribution in [2.24, 2.45) is 0 Å². The first-order chi connectivity index (χ1) is 13.3. The normalized spacial score (nSPS) is 13.0.